The molecule has 6 nitrogen and oxygen atoms in total. The van der Waals surface area contributed by atoms with Crippen LogP contribution in [0.25, 0.3) is 0 Å². The highest BCUT2D eigenvalue weighted by Crippen LogP contribution is 2.24. The molecule has 0 spiro atoms. The number of nitrogens with zero attached hydrogens (tertiary/aromatic N) is 1. The van der Waals surface area contributed by atoms with Gasteiger partial charge in [-0.25, -0.2) is 8.42 Å². The number of rotatable bonds is 4. The molecule has 2 rings (SSSR count). The number of ether oxygens (including phenoxy) is 1. The number of hydrogen-bond donors (Lipinski definition) is 1. The fourth-order valence-electron chi connectivity index (χ4n) is 2.27. The average Bonchev–Trinajstić information content (AvgIpc) is 2.47. The molecule has 116 valence electrons. The third-order valence-electron chi connectivity index (χ3n) is 3.38. The van der Waals surface area contributed by atoms with Crippen molar-refractivity contribution in [2.45, 2.75) is 25.2 Å². The highest BCUT2D eigenvalue weighted by atomic mass is 32.2. The molecule has 1 amide bonds. The van der Waals surface area contributed by atoms with Gasteiger partial charge in [0, 0.05) is 25.7 Å². The minimum absolute atomic E-state index is 0.173. The van der Waals surface area contributed by atoms with Crippen molar-refractivity contribution in [2.24, 2.45) is 0 Å². The van der Waals surface area contributed by atoms with Crippen LogP contribution in [0, 0.1) is 0 Å². The standard InChI is InChI=1S/C14H20N2O4S/c1-3-12-10-13(4-5-14(12)15-11(2)17)21(18,19)16-6-8-20-9-7-16/h4-5,10H,3,6-9H2,1-2H3,(H,15,17). The van der Waals surface area contributed by atoms with E-state index < -0.39 is 10.0 Å². The molecule has 1 aliphatic rings. The molecule has 1 aliphatic heterocycles. The van der Waals surface area contributed by atoms with E-state index in [1.807, 2.05) is 6.92 Å². The van der Waals surface area contributed by atoms with Gasteiger partial charge in [0.2, 0.25) is 15.9 Å². The first kappa shape index (κ1) is 15.9. The second-order valence-electron chi connectivity index (χ2n) is 4.87. The van der Waals surface area contributed by atoms with Gasteiger partial charge in [0.1, 0.15) is 0 Å². The number of sulfonamides is 1. The number of aryl methyl sites for hydroxylation is 1. The first-order valence-electron chi connectivity index (χ1n) is 6.93. The average molecular weight is 312 g/mol. The maximum atomic E-state index is 12.6. The largest absolute Gasteiger partial charge is 0.379 e. The third kappa shape index (κ3) is 3.61. The Labute approximate surface area is 125 Å². The van der Waals surface area contributed by atoms with Crippen LogP contribution in [-0.2, 0) is 26.0 Å². The Morgan fingerprint density at radius 2 is 2.00 bits per heavy atom. The lowest BCUT2D eigenvalue weighted by molar-refractivity contribution is -0.114. The minimum atomic E-state index is -3.50. The van der Waals surface area contributed by atoms with Crippen molar-refractivity contribution in [1.82, 2.24) is 4.31 Å². The highest BCUT2D eigenvalue weighted by Gasteiger charge is 2.26. The number of carbonyl (C=O) groups excluding carboxylic acids is 1. The Hall–Kier alpha value is -1.44. The molecule has 1 N–H and O–H groups in total. The van der Waals surface area contributed by atoms with Crippen molar-refractivity contribution in [1.29, 1.82) is 0 Å². The lowest BCUT2D eigenvalue weighted by Gasteiger charge is -2.26. The zero-order valence-electron chi connectivity index (χ0n) is 12.3. The van der Waals surface area contributed by atoms with E-state index in [9.17, 15) is 13.2 Å². The van der Waals surface area contributed by atoms with Crippen LogP contribution in [-0.4, -0.2) is 44.9 Å². The van der Waals surface area contributed by atoms with Crippen LogP contribution < -0.4 is 5.32 Å². The van der Waals surface area contributed by atoms with Gasteiger partial charge in [0.25, 0.3) is 0 Å². The fourth-order valence-corrected chi connectivity index (χ4v) is 3.73. The highest BCUT2D eigenvalue weighted by molar-refractivity contribution is 7.89. The summed E-state index contributed by atoms with van der Waals surface area (Å²) >= 11 is 0. The molecule has 1 aromatic rings. The van der Waals surface area contributed by atoms with E-state index >= 15 is 0 Å². The van der Waals surface area contributed by atoms with Gasteiger partial charge in [-0.15, -0.1) is 0 Å². The molecule has 0 saturated carbocycles. The molecule has 0 aliphatic carbocycles. The normalized spacial score (nSPS) is 16.7. The second kappa shape index (κ2) is 6.55. The van der Waals surface area contributed by atoms with Crippen LogP contribution >= 0.6 is 0 Å². The molecule has 0 atom stereocenters. The van der Waals surface area contributed by atoms with Crippen molar-refractivity contribution in [3.8, 4) is 0 Å². The summed E-state index contributed by atoms with van der Waals surface area (Å²) in [7, 11) is -3.50. The molecule has 21 heavy (non-hydrogen) atoms. The van der Waals surface area contributed by atoms with E-state index in [1.165, 1.54) is 17.3 Å². The number of amides is 1. The molecule has 0 aromatic heterocycles. The van der Waals surface area contributed by atoms with Gasteiger partial charge >= 0.3 is 0 Å². The van der Waals surface area contributed by atoms with Crippen molar-refractivity contribution in [3.63, 3.8) is 0 Å². The van der Waals surface area contributed by atoms with Crippen LogP contribution in [0.15, 0.2) is 23.1 Å². The number of morpholine rings is 1. The predicted molar refractivity (Wildman–Crippen MR) is 79.7 cm³/mol. The van der Waals surface area contributed by atoms with Gasteiger partial charge in [0.15, 0.2) is 0 Å². The summed E-state index contributed by atoms with van der Waals surface area (Å²) in [6, 6.07) is 4.82. The van der Waals surface area contributed by atoms with Gasteiger partial charge in [-0.3, -0.25) is 4.79 Å². The summed E-state index contributed by atoms with van der Waals surface area (Å²) in [5, 5.41) is 2.72. The molecule has 0 bridgehead atoms. The first-order chi connectivity index (χ1) is 9.95. The Kier molecular flexibility index (Phi) is 4.97. The molecule has 0 radical (unpaired) electrons. The van der Waals surface area contributed by atoms with E-state index in [2.05, 4.69) is 5.32 Å². The molecular formula is C14H20N2O4S. The number of benzene rings is 1. The van der Waals surface area contributed by atoms with Gasteiger partial charge in [0.05, 0.1) is 18.1 Å². The molecule has 1 heterocycles. The minimum Gasteiger partial charge on any atom is -0.379 e. The maximum absolute atomic E-state index is 12.6. The molecular weight excluding hydrogens is 292 g/mol. The Bertz CT molecular complexity index is 622. The van der Waals surface area contributed by atoms with Gasteiger partial charge < -0.3 is 10.1 Å². The second-order valence-corrected chi connectivity index (χ2v) is 6.81. The van der Waals surface area contributed by atoms with Gasteiger partial charge in [-0.05, 0) is 30.2 Å². The van der Waals surface area contributed by atoms with Crippen LogP contribution in [0.1, 0.15) is 19.4 Å². The van der Waals surface area contributed by atoms with E-state index in [1.54, 1.807) is 12.1 Å². The number of hydrogen-bond acceptors (Lipinski definition) is 4. The summed E-state index contributed by atoms with van der Waals surface area (Å²) in [4.78, 5) is 11.4. The van der Waals surface area contributed by atoms with Crippen LogP contribution in [0.5, 0.6) is 0 Å². The Morgan fingerprint density at radius 1 is 1.33 bits per heavy atom. The Balaban J connectivity index is 2.33. The zero-order valence-corrected chi connectivity index (χ0v) is 13.1. The van der Waals surface area contributed by atoms with Crippen LogP contribution in [0.4, 0.5) is 5.69 Å². The van der Waals surface area contributed by atoms with E-state index in [4.69, 9.17) is 4.74 Å². The third-order valence-corrected chi connectivity index (χ3v) is 5.27. The van der Waals surface area contributed by atoms with Gasteiger partial charge in [-0.1, -0.05) is 6.92 Å². The summed E-state index contributed by atoms with van der Waals surface area (Å²) < 4.78 is 31.8. The quantitative estimate of drug-likeness (QED) is 0.907. The smallest absolute Gasteiger partial charge is 0.243 e. The zero-order chi connectivity index (χ0) is 15.5. The van der Waals surface area contributed by atoms with E-state index in [0.29, 0.717) is 38.4 Å². The summed E-state index contributed by atoms with van der Waals surface area (Å²) in [6.07, 6.45) is 0.641. The van der Waals surface area contributed by atoms with E-state index in [-0.39, 0.29) is 10.8 Å². The van der Waals surface area contributed by atoms with Crippen molar-refractivity contribution < 1.29 is 17.9 Å². The summed E-state index contributed by atoms with van der Waals surface area (Å²) in [5.41, 5.74) is 1.46. The van der Waals surface area contributed by atoms with Crippen molar-refractivity contribution in [3.05, 3.63) is 23.8 Å². The Morgan fingerprint density at radius 3 is 2.57 bits per heavy atom. The van der Waals surface area contributed by atoms with Crippen LogP contribution in [0.3, 0.4) is 0 Å². The van der Waals surface area contributed by atoms with Gasteiger partial charge in [-0.2, -0.15) is 4.31 Å². The fraction of sp³-hybridized carbons (Fsp3) is 0.500. The maximum Gasteiger partial charge on any atom is 0.243 e. The molecule has 1 fully saturated rings. The summed E-state index contributed by atoms with van der Waals surface area (Å²) in [5.74, 6) is -0.173. The lowest BCUT2D eigenvalue weighted by atomic mass is 10.1. The topological polar surface area (TPSA) is 75.7 Å². The molecule has 1 saturated heterocycles. The molecule has 0 unspecified atom stereocenters. The lowest BCUT2D eigenvalue weighted by Crippen LogP contribution is -2.40. The predicted octanol–water partition coefficient (Wildman–Crippen LogP) is 1.23. The van der Waals surface area contributed by atoms with Crippen molar-refractivity contribution >= 4 is 21.6 Å². The summed E-state index contributed by atoms with van der Waals surface area (Å²) in [6.45, 7) is 4.94. The first-order valence-corrected chi connectivity index (χ1v) is 8.37. The number of nitrogens with one attached hydrogen (secondary N) is 1. The number of anilines is 1. The van der Waals surface area contributed by atoms with Crippen molar-refractivity contribution in [2.75, 3.05) is 31.6 Å². The SMILES string of the molecule is CCc1cc(S(=O)(=O)N2CCOCC2)ccc1NC(C)=O. The molecule has 7 heteroatoms. The molecule has 1 aromatic carbocycles. The van der Waals surface area contributed by atoms with E-state index in [0.717, 1.165) is 5.56 Å². The number of carbonyl (C=O) groups is 1. The monoisotopic (exact) mass is 312 g/mol. The van der Waals surface area contributed by atoms with Crippen LogP contribution in [0.2, 0.25) is 0 Å².